The van der Waals surface area contributed by atoms with E-state index in [0.717, 1.165) is 19.3 Å². The van der Waals surface area contributed by atoms with Gasteiger partial charge in [-0.15, -0.1) is 0 Å². The van der Waals surface area contributed by atoms with Crippen LogP contribution in [0.15, 0.2) is 12.4 Å². The van der Waals surface area contributed by atoms with Crippen molar-refractivity contribution >= 4 is 11.8 Å². The molecule has 0 saturated heterocycles. The van der Waals surface area contributed by atoms with E-state index in [-0.39, 0.29) is 11.8 Å². The summed E-state index contributed by atoms with van der Waals surface area (Å²) in [6.07, 6.45) is 7.66. The van der Waals surface area contributed by atoms with Crippen LogP contribution in [0.4, 0.5) is 0 Å². The van der Waals surface area contributed by atoms with E-state index in [9.17, 15) is 9.59 Å². The smallest absolute Gasteiger partial charge is 0.288 e. The third-order valence-corrected chi connectivity index (χ3v) is 3.75. The standard InChI is InChI=1S/C13H20N4O2/c1-14-12(19)13(6-4-3-5-7-13)16-11(18)10-15-8-9-17(10)2/h8-9H,3-7H2,1-2H3,(H,14,19)(H,16,18). The monoisotopic (exact) mass is 264 g/mol. The molecule has 1 fully saturated rings. The van der Waals surface area contributed by atoms with Crippen molar-refractivity contribution in [3.63, 3.8) is 0 Å². The van der Waals surface area contributed by atoms with E-state index < -0.39 is 5.54 Å². The molecule has 1 saturated carbocycles. The summed E-state index contributed by atoms with van der Waals surface area (Å²) in [5, 5.41) is 5.55. The third kappa shape index (κ3) is 2.62. The van der Waals surface area contributed by atoms with Crippen molar-refractivity contribution in [3.8, 4) is 0 Å². The van der Waals surface area contributed by atoms with Gasteiger partial charge in [-0.25, -0.2) is 4.98 Å². The average molecular weight is 264 g/mol. The van der Waals surface area contributed by atoms with Gasteiger partial charge in [0, 0.05) is 26.5 Å². The minimum absolute atomic E-state index is 0.116. The van der Waals surface area contributed by atoms with Crippen LogP contribution in [-0.2, 0) is 11.8 Å². The highest BCUT2D eigenvalue weighted by Crippen LogP contribution is 2.28. The number of imidazole rings is 1. The Morgan fingerprint density at radius 1 is 1.32 bits per heavy atom. The first-order valence-electron chi connectivity index (χ1n) is 6.61. The second kappa shape index (κ2) is 5.42. The fourth-order valence-electron chi connectivity index (χ4n) is 2.66. The molecule has 1 aromatic rings. The number of carbonyl (C=O) groups is 2. The van der Waals surface area contributed by atoms with Gasteiger partial charge in [-0.1, -0.05) is 19.3 Å². The molecule has 2 N–H and O–H groups in total. The third-order valence-electron chi connectivity index (χ3n) is 3.75. The van der Waals surface area contributed by atoms with Crippen LogP contribution in [0.25, 0.3) is 0 Å². The first-order valence-corrected chi connectivity index (χ1v) is 6.61. The number of aromatic nitrogens is 2. The zero-order valence-electron chi connectivity index (χ0n) is 11.4. The largest absolute Gasteiger partial charge is 0.357 e. The lowest BCUT2D eigenvalue weighted by atomic mass is 9.80. The van der Waals surface area contributed by atoms with E-state index in [1.807, 2.05) is 0 Å². The van der Waals surface area contributed by atoms with Gasteiger partial charge in [0.25, 0.3) is 5.91 Å². The van der Waals surface area contributed by atoms with Crippen LogP contribution in [0.2, 0.25) is 0 Å². The van der Waals surface area contributed by atoms with Crippen LogP contribution in [0.3, 0.4) is 0 Å². The van der Waals surface area contributed by atoms with E-state index in [4.69, 9.17) is 0 Å². The number of nitrogens with zero attached hydrogens (tertiary/aromatic N) is 2. The molecule has 1 heterocycles. The highest BCUT2D eigenvalue weighted by Gasteiger charge is 2.40. The normalized spacial score (nSPS) is 17.8. The zero-order valence-corrected chi connectivity index (χ0v) is 11.4. The average Bonchev–Trinajstić information content (AvgIpc) is 2.85. The number of hydrogen-bond donors (Lipinski definition) is 2. The number of amides is 2. The highest BCUT2D eigenvalue weighted by atomic mass is 16.2. The molecule has 0 unspecified atom stereocenters. The van der Waals surface area contributed by atoms with Crippen molar-refractivity contribution in [2.45, 2.75) is 37.6 Å². The molecule has 2 amide bonds. The van der Waals surface area contributed by atoms with Gasteiger partial charge in [0.05, 0.1) is 0 Å². The fourth-order valence-corrected chi connectivity index (χ4v) is 2.66. The molecule has 0 bridgehead atoms. The van der Waals surface area contributed by atoms with E-state index in [1.165, 1.54) is 0 Å². The molecular formula is C13H20N4O2. The van der Waals surface area contributed by atoms with Gasteiger partial charge in [0.15, 0.2) is 5.82 Å². The molecule has 0 radical (unpaired) electrons. The Morgan fingerprint density at radius 2 is 2.00 bits per heavy atom. The zero-order chi connectivity index (χ0) is 13.9. The first-order chi connectivity index (χ1) is 9.09. The molecule has 1 aromatic heterocycles. The summed E-state index contributed by atoms with van der Waals surface area (Å²) in [5.74, 6) is -0.0818. The maximum Gasteiger partial charge on any atom is 0.288 e. The Balaban J connectivity index is 2.19. The molecule has 104 valence electrons. The summed E-state index contributed by atoms with van der Waals surface area (Å²) in [7, 11) is 3.36. The Kier molecular flexibility index (Phi) is 3.87. The predicted octanol–water partition coefficient (Wildman–Crippen LogP) is 0.599. The van der Waals surface area contributed by atoms with Crippen LogP contribution < -0.4 is 10.6 Å². The van der Waals surface area contributed by atoms with Crippen molar-refractivity contribution in [2.24, 2.45) is 7.05 Å². The van der Waals surface area contributed by atoms with Crippen LogP contribution in [0, 0.1) is 0 Å². The van der Waals surface area contributed by atoms with Gasteiger partial charge < -0.3 is 15.2 Å². The maximum absolute atomic E-state index is 12.2. The maximum atomic E-state index is 12.2. The van der Waals surface area contributed by atoms with Crippen molar-refractivity contribution in [1.29, 1.82) is 0 Å². The molecule has 2 rings (SSSR count). The summed E-state index contributed by atoms with van der Waals surface area (Å²) in [6.45, 7) is 0. The Bertz CT molecular complexity index is 475. The van der Waals surface area contributed by atoms with Gasteiger partial charge in [0.1, 0.15) is 5.54 Å². The topological polar surface area (TPSA) is 76.0 Å². The van der Waals surface area contributed by atoms with Crippen molar-refractivity contribution in [2.75, 3.05) is 7.05 Å². The molecule has 0 aromatic carbocycles. The van der Waals surface area contributed by atoms with Crippen molar-refractivity contribution < 1.29 is 9.59 Å². The second-order valence-corrected chi connectivity index (χ2v) is 5.04. The SMILES string of the molecule is CNC(=O)C1(NC(=O)c2nccn2C)CCCCC1. The van der Waals surface area contributed by atoms with Gasteiger partial charge >= 0.3 is 0 Å². The molecule has 19 heavy (non-hydrogen) atoms. The predicted molar refractivity (Wildman–Crippen MR) is 70.6 cm³/mol. The summed E-state index contributed by atoms with van der Waals surface area (Å²) in [5.41, 5.74) is -0.782. The lowest BCUT2D eigenvalue weighted by Crippen LogP contribution is -2.59. The number of likely N-dealkylation sites (N-methyl/N-ethyl adjacent to an activating group) is 1. The van der Waals surface area contributed by atoms with Gasteiger partial charge in [-0.05, 0) is 12.8 Å². The fraction of sp³-hybridized carbons (Fsp3) is 0.615. The number of hydrogen-bond acceptors (Lipinski definition) is 3. The molecule has 1 aliphatic rings. The summed E-state index contributed by atoms with van der Waals surface area (Å²) < 4.78 is 1.65. The first kappa shape index (κ1) is 13.6. The van der Waals surface area contributed by atoms with Gasteiger partial charge in [-0.2, -0.15) is 0 Å². The van der Waals surface area contributed by atoms with E-state index in [1.54, 1.807) is 31.1 Å². The Labute approximate surface area is 112 Å². The van der Waals surface area contributed by atoms with E-state index in [2.05, 4.69) is 15.6 Å². The van der Waals surface area contributed by atoms with Crippen LogP contribution in [0.5, 0.6) is 0 Å². The van der Waals surface area contributed by atoms with Crippen LogP contribution in [0.1, 0.15) is 42.7 Å². The molecular weight excluding hydrogens is 244 g/mol. The van der Waals surface area contributed by atoms with Crippen LogP contribution >= 0.6 is 0 Å². The summed E-state index contributed by atoms with van der Waals surface area (Å²) >= 11 is 0. The number of rotatable bonds is 3. The van der Waals surface area contributed by atoms with Crippen molar-refractivity contribution in [3.05, 3.63) is 18.2 Å². The highest BCUT2D eigenvalue weighted by molar-refractivity contribution is 5.97. The molecule has 6 nitrogen and oxygen atoms in total. The van der Waals surface area contributed by atoms with Crippen molar-refractivity contribution in [1.82, 2.24) is 20.2 Å². The van der Waals surface area contributed by atoms with Gasteiger partial charge in [0.2, 0.25) is 5.91 Å². The lowest BCUT2D eigenvalue weighted by Gasteiger charge is -2.36. The number of aryl methyl sites for hydroxylation is 1. The minimum atomic E-state index is -0.782. The minimum Gasteiger partial charge on any atom is -0.357 e. The van der Waals surface area contributed by atoms with E-state index in [0.29, 0.717) is 18.7 Å². The number of nitrogens with one attached hydrogen (secondary N) is 2. The summed E-state index contributed by atoms with van der Waals surface area (Å²) in [6, 6.07) is 0. The Morgan fingerprint density at radius 3 is 2.53 bits per heavy atom. The second-order valence-electron chi connectivity index (χ2n) is 5.04. The lowest BCUT2D eigenvalue weighted by molar-refractivity contribution is -0.128. The van der Waals surface area contributed by atoms with Gasteiger partial charge in [-0.3, -0.25) is 9.59 Å². The van der Waals surface area contributed by atoms with Crippen LogP contribution in [-0.4, -0.2) is 34.0 Å². The Hall–Kier alpha value is -1.85. The summed E-state index contributed by atoms with van der Waals surface area (Å²) in [4.78, 5) is 28.4. The molecule has 6 heteroatoms. The quantitative estimate of drug-likeness (QED) is 0.839. The molecule has 0 atom stereocenters. The molecule has 0 aliphatic heterocycles. The van der Waals surface area contributed by atoms with E-state index >= 15 is 0 Å². The molecule has 1 aliphatic carbocycles. The molecule has 0 spiro atoms. The number of carbonyl (C=O) groups excluding carboxylic acids is 2.